The molecular weight excluding hydrogens is 202 g/mol. The molecule has 0 amide bonds. The molecule has 0 N–H and O–H groups in total. The first kappa shape index (κ1) is 10.5. The summed E-state index contributed by atoms with van der Waals surface area (Å²) in [5.74, 6) is 0.0433. The van der Waals surface area contributed by atoms with Crippen LogP contribution in [0.5, 0.6) is 0 Å². The third-order valence-corrected chi connectivity index (χ3v) is 2.61. The van der Waals surface area contributed by atoms with Crippen LogP contribution < -0.4 is 0 Å². The molecule has 0 saturated carbocycles. The average Bonchev–Trinajstić information content (AvgIpc) is 2.68. The number of aryl methyl sites for hydroxylation is 2. The Morgan fingerprint density at radius 1 is 1.38 bits per heavy atom. The van der Waals surface area contributed by atoms with Crippen LogP contribution in [0.3, 0.4) is 0 Å². The highest BCUT2D eigenvalue weighted by atomic mass is 16.1. The van der Waals surface area contributed by atoms with E-state index in [4.69, 9.17) is 0 Å². The second kappa shape index (κ2) is 4.26. The van der Waals surface area contributed by atoms with E-state index < -0.39 is 0 Å². The summed E-state index contributed by atoms with van der Waals surface area (Å²) in [6.45, 7) is 2.00. The maximum atomic E-state index is 11.9. The van der Waals surface area contributed by atoms with Gasteiger partial charge in [0.1, 0.15) is 5.69 Å². The summed E-state index contributed by atoms with van der Waals surface area (Å²) in [7, 11) is 1.72. The summed E-state index contributed by atoms with van der Waals surface area (Å²) >= 11 is 0. The number of ketones is 1. The normalized spacial score (nSPS) is 10.4. The number of aromatic nitrogens is 3. The largest absolute Gasteiger partial charge is 0.292 e. The molecule has 16 heavy (non-hydrogen) atoms. The molecule has 0 spiro atoms. The van der Waals surface area contributed by atoms with E-state index in [1.807, 2.05) is 31.2 Å². The van der Waals surface area contributed by atoms with Crippen LogP contribution in [0.2, 0.25) is 0 Å². The highest BCUT2D eigenvalue weighted by molar-refractivity contribution is 5.95. The van der Waals surface area contributed by atoms with Crippen LogP contribution in [-0.2, 0) is 13.5 Å². The van der Waals surface area contributed by atoms with Gasteiger partial charge in [-0.1, -0.05) is 29.5 Å². The van der Waals surface area contributed by atoms with Crippen LogP contribution in [0.25, 0.3) is 0 Å². The van der Waals surface area contributed by atoms with Gasteiger partial charge in [-0.25, -0.2) is 4.68 Å². The Kier molecular flexibility index (Phi) is 2.81. The number of rotatable bonds is 3. The van der Waals surface area contributed by atoms with Crippen molar-refractivity contribution in [3.8, 4) is 0 Å². The van der Waals surface area contributed by atoms with Crippen molar-refractivity contribution in [1.82, 2.24) is 15.0 Å². The van der Waals surface area contributed by atoms with Crippen molar-refractivity contribution in [2.75, 3.05) is 0 Å². The molecule has 0 saturated heterocycles. The van der Waals surface area contributed by atoms with Crippen LogP contribution >= 0.6 is 0 Å². The Hall–Kier alpha value is -1.97. The minimum Gasteiger partial charge on any atom is -0.292 e. The molecule has 0 unspecified atom stereocenters. The van der Waals surface area contributed by atoms with E-state index in [0.717, 1.165) is 11.1 Å². The zero-order chi connectivity index (χ0) is 11.5. The Morgan fingerprint density at radius 2 is 2.12 bits per heavy atom. The van der Waals surface area contributed by atoms with Crippen molar-refractivity contribution in [2.45, 2.75) is 13.3 Å². The highest BCUT2D eigenvalue weighted by Gasteiger charge is 2.12. The monoisotopic (exact) mass is 215 g/mol. The Morgan fingerprint density at radius 3 is 2.75 bits per heavy atom. The second-order valence-corrected chi connectivity index (χ2v) is 3.77. The van der Waals surface area contributed by atoms with E-state index in [2.05, 4.69) is 10.3 Å². The van der Waals surface area contributed by atoms with E-state index in [0.29, 0.717) is 12.1 Å². The summed E-state index contributed by atoms with van der Waals surface area (Å²) in [6, 6.07) is 7.88. The summed E-state index contributed by atoms with van der Waals surface area (Å²) in [4.78, 5) is 11.9. The lowest BCUT2D eigenvalue weighted by molar-refractivity contribution is 0.0984. The van der Waals surface area contributed by atoms with Crippen molar-refractivity contribution in [3.05, 3.63) is 47.3 Å². The third kappa shape index (κ3) is 2.00. The predicted molar refractivity (Wildman–Crippen MR) is 60.2 cm³/mol. The number of benzene rings is 1. The lowest BCUT2D eigenvalue weighted by atomic mass is 10.0. The number of carbonyl (C=O) groups excluding carboxylic acids is 1. The number of hydrogen-bond acceptors (Lipinski definition) is 3. The molecule has 0 aliphatic carbocycles. The second-order valence-electron chi connectivity index (χ2n) is 3.77. The maximum absolute atomic E-state index is 11.9. The van der Waals surface area contributed by atoms with E-state index in [1.54, 1.807) is 7.05 Å². The number of nitrogens with zero attached hydrogens (tertiary/aromatic N) is 3. The third-order valence-electron chi connectivity index (χ3n) is 2.61. The Balaban J connectivity index is 2.21. The average molecular weight is 215 g/mol. The van der Waals surface area contributed by atoms with Gasteiger partial charge in [0.05, 0.1) is 6.20 Å². The van der Waals surface area contributed by atoms with Crippen LogP contribution in [-0.4, -0.2) is 20.8 Å². The summed E-state index contributed by atoms with van der Waals surface area (Å²) in [5, 5.41) is 7.45. The van der Waals surface area contributed by atoms with Gasteiger partial charge in [0.15, 0.2) is 5.78 Å². The molecule has 4 heteroatoms. The van der Waals surface area contributed by atoms with Gasteiger partial charge in [-0.15, -0.1) is 5.10 Å². The van der Waals surface area contributed by atoms with E-state index in [-0.39, 0.29) is 5.78 Å². The predicted octanol–water partition coefficient (Wildman–Crippen LogP) is 1.55. The topological polar surface area (TPSA) is 47.8 Å². The number of carbonyl (C=O) groups is 1. The van der Waals surface area contributed by atoms with Crippen LogP contribution in [0, 0.1) is 6.92 Å². The minimum atomic E-state index is 0.0433. The number of Topliss-reactive ketones (excluding diaryl/α,β-unsaturated/α-hetero) is 1. The van der Waals surface area contributed by atoms with Crippen molar-refractivity contribution in [2.24, 2.45) is 7.05 Å². The number of hydrogen-bond donors (Lipinski definition) is 0. The van der Waals surface area contributed by atoms with Gasteiger partial charge >= 0.3 is 0 Å². The molecule has 0 atom stereocenters. The fourth-order valence-electron chi connectivity index (χ4n) is 1.61. The maximum Gasteiger partial charge on any atom is 0.186 e. The quantitative estimate of drug-likeness (QED) is 0.730. The minimum absolute atomic E-state index is 0.0433. The Bertz CT molecular complexity index is 516. The van der Waals surface area contributed by atoms with Gasteiger partial charge in [0.2, 0.25) is 0 Å². The van der Waals surface area contributed by atoms with Crippen LogP contribution in [0.1, 0.15) is 21.6 Å². The standard InChI is InChI=1S/C12H13N3O/c1-9-5-3-4-6-10(9)7-12(16)11-8-13-14-15(11)2/h3-6,8H,7H2,1-2H3. The van der Waals surface area contributed by atoms with E-state index in [9.17, 15) is 4.79 Å². The molecule has 2 rings (SSSR count). The molecule has 0 aliphatic rings. The smallest absolute Gasteiger partial charge is 0.186 e. The molecule has 1 heterocycles. The summed E-state index contributed by atoms with van der Waals surface area (Å²) < 4.78 is 1.50. The molecule has 0 radical (unpaired) electrons. The molecule has 1 aromatic carbocycles. The SMILES string of the molecule is Cc1ccccc1CC(=O)c1cnnn1C. The van der Waals surface area contributed by atoms with Crippen LogP contribution in [0.4, 0.5) is 0 Å². The lowest BCUT2D eigenvalue weighted by Gasteiger charge is -2.04. The molecule has 4 nitrogen and oxygen atoms in total. The van der Waals surface area contributed by atoms with Crippen molar-refractivity contribution >= 4 is 5.78 Å². The van der Waals surface area contributed by atoms with Crippen molar-refractivity contribution < 1.29 is 4.79 Å². The molecule has 0 fully saturated rings. The van der Waals surface area contributed by atoms with Gasteiger partial charge in [-0.05, 0) is 18.1 Å². The fourth-order valence-corrected chi connectivity index (χ4v) is 1.61. The van der Waals surface area contributed by atoms with Crippen molar-refractivity contribution in [3.63, 3.8) is 0 Å². The highest BCUT2D eigenvalue weighted by Crippen LogP contribution is 2.10. The molecule has 1 aromatic heterocycles. The van der Waals surface area contributed by atoms with Gasteiger partial charge in [0, 0.05) is 13.5 Å². The zero-order valence-corrected chi connectivity index (χ0v) is 9.34. The molecule has 2 aromatic rings. The first-order valence-electron chi connectivity index (χ1n) is 5.11. The molecule has 0 bridgehead atoms. The van der Waals surface area contributed by atoms with Crippen molar-refractivity contribution in [1.29, 1.82) is 0 Å². The fraction of sp³-hybridized carbons (Fsp3) is 0.250. The lowest BCUT2D eigenvalue weighted by Crippen LogP contribution is -2.10. The molecule has 0 aliphatic heterocycles. The van der Waals surface area contributed by atoms with E-state index in [1.165, 1.54) is 10.9 Å². The molecular formula is C12H13N3O. The van der Waals surface area contributed by atoms with Gasteiger partial charge in [-0.2, -0.15) is 0 Å². The zero-order valence-electron chi connectivity index (χ0n) is 9.34. The first-order chi connectivity index (χ1) is 7.68. The van der Waals surface area contributed by atoms with Gasteiger partial charge < -0.3 is 0 Å². The van der Waals surface area contributed by atoms with E-state index >= 15 is 0 Å². The summed E-state index contributed by atoms with van der Waals surface area (Å²) in [6.07, 6.45) is 1.90. The molecule has 82 valence electrons. The van der Waals surface area contributed by atoms with Crippen LogP contribution in [0.15, 0.2) is 30.5 Å². The van der Waals surface area contributed by atoms with Gasteiger partial charge in [-0.3, -0.25) is 4.79 Å². The summed E-state index contributed by atoms with van der Waals surface area (Å²) in [5.41, 5.74) is 2.72. The first-order valence-corrected chi connectivity index (χ1v) is 5.11. The van der Waals surface area contributed by atoms with Gasteiger partial charge in [0.25, 0.3) is 0 Å². The Labute approximate surface area is 93.9 Å².